The van der Waals surface area contributed by atoms with Crippen molar-refractivity contribution in [1.29, 1.82) is 0 Å². The van der Waals surface area contributed by atoms with E-state index < -0.39 is 0 Å². The molecule has 3 heterocycles. The Morgan fingerprint density at radius 2 is 1.80 bits per heavy atom. The average molecular weight is 411 g/mol. The van der Waals surface area contributed by atoms with Crippen molar-refractivity contribution >= 4 is 11.8 Å². The largest absolute Gasteiger partial charge is 0.454 e. The number of carbonyl (C=O) groups is 2. The molecule has 1 aromatic heterocycles. The van der Waals surface area contributed by atoms with E-state index in [0.29, 0.717) is 22.8 Å². The van der Waals surface area contributed by atoms with E-state index in [0.717, 1.165) is 51.6 Å². The van der Waals surface area contributed by atoms with Gasteiger partial charge in [0.1, 0.15) is 0 Å². The smallest absolute Gasteiger partial charge is 0.276 e. The third-order valence-corrected chi connectivity index (χ3v) is 6.16. The molecule has 1 saturated heterocycles. The van der Waals surface area contributed by atoms with Crippen molar-refractivity contribution in [3.8, 4) is 11.5 Å². The fourth-order valence-electron chi connectivity index (χ4n) is 4.43. The molecule has 0 radical (unpaired) electrons. The topological polar surface area (TPSA) is 98.6 Å². The molecule has 0 unspecified atom stereocenters. The van der Waals surface area contributed by atoms with Gasteiger partial charge in [0.05, 0.1) is 12.2 Å². The van der Waals surface area contributed by atoms with E-state index in [1.165, 1.54) is 0 Å². The minimum Gasteiger partial charge on any atom is -0.454 e. The van der Waals surface area contributed by atoms with Gasteiger partial charge >= 0.3 is 0 Å². The summed E-state index contributed by atoms with van der Waals surface area (Å²) in [4.78, 5) is 26.9. The molecule has 158 valence electrons. The van der Waals surface area contributed by atoms with Gasteiger partial charge in [-0.1, -0.05) is 5.21 Å². The molecule has 5 rings (SSSR count). The summed E-state index contributed by atoms with van der Waals surface area (Å²) in [5.74, 6) is 1.15. The Kier molecular flexibility index (Phi) is 5.02. The van der Waals surface area contributed by atoms with Crippen LogP contribution in [0.3, 0.4) is 0 Å². The molecule has 2 aliphatic heterocycles. The molecule has 2 amide bonds. The van der Waals surface area contributed by atoms with Gasteiger partial charge < -0.3 is 19.7 Å². The van der Waals surface area contributed by atoms with Crippen LogP contribution < -0.4 is 14.8 Å². The van der Waals surface area contributed by atoms with Crippen molar-refractivity contribution in [3.05, 3.63) is 35.7 Å². The van der Waals surface area contributed by atoms with Crippen LogP contribution in [0.2, 0.25) is 0 Å². The normalized spacial score (nSPS) is 22.9. The highest BCUT2D eigenvalue weighted by Crippen LogP contribution is 2.33. The van der Waals surface area contributed by atoms with Crippen LogP contribution >= 0.6 is 0 Å². The maximum Gasteiger partial charge on any atom is 0.276 e. The van der Waals surface area contributed by atoms with Gasteiger partial charge in [0.25, 0.3) is 11.8 Å². The zero-order valence-corrected chi connectivity index (χ0v) is 16.7. The molecule has 0 bridgehead atoms. The zero-order chi connectivity index (χ0) is 20.5. The van der Waals surface area contributed by atoms with Gasteiger partial charge in [-0.15, -0.1) is 5.10 Å². The number of nitrogens with one attached hydrogen (secondary N) is 1. The molecule has 0 spiro atoms. The standard InChI is InChI=1S/C21H25N5O4/c27-20(14-3-8-18-19(11-14)30-13-29-18)22-15-4-6-16(7-5-15)26-12-17(23-24-26)21(28)25-9-1-2-10-25/h3,8,11-12,15-16H,1-2,4-7,9-10,13H2,(H,22,27). The van der Waals surface area contributed by atoms with Crippen molar-refractivity contribution in [2.75, 3.05) is 19.9 Å². The van der Waals surface area contributed by atoms with E-state index in [2.05, 4.69) is 15.6 Å². The van der Waals surface area contributed by atoms with Crippen LogP contribution in [-0.2, 0) is 0 Å². The van der Waals surface area contributed by atoms with Gasteiger partial charge in [0.15, 0.2) is 17.2 Å². The van der Waals surface area contributed by atoms with Gasteiger partial charge in [-0.3, -0.25) is 9.59 Å². The van der Waals surface area contributed by atoms with Crippen molar-refractivity contribution in [2.24, 2.45) is 0 Å². The van der Waals surface area contributed by atoms with Gasteiger partial charge in [-0.2, -0.15) is 0 Å². The van der Waals surface area contributed by atoms with Crippen molar-refractivity contribution in [1.82, 2.24) is 25.2 Å². The van der Waals surface area contributed by atoms with Gasteiger partial charge in [0.2, 0.25) is 6.79 Å². The van der Waals surface area contributed by atoms with Crippen LogP contribution in [0.15, 0.2) is 24.4 Å². The van der Waals surface area contributed by atoms with Crippen molar-refractivity contribution in [3.63, 3.8) is 0 Å². The van der Waals surface area contributed by atoms with Gasteiger partial charge in [-0.05, 0) is 56.7 Å². The van der Waals surface area contributed by atoms with Crippen LogP contribution in [0.4, 0.5) is 0 Å². The average Bonchev–Trinajstić information content (AvgIpc) is 3.55. The number of benzene rings is 1. The van der Waals surface area contributed by atoms with E-state index in [9.17, 15) is 9.59 Å². The van der Waals surface area contributed by atoms with Gasteiger partial charge in [0, 0.05) is 24.7 Å². The van der Waals surface area contributed by atoms with Crippen LogP contribution in [0, 0.1) is 0 Å². The Hall–Kier alpha value is -3.10. The number of aromatic nitrogens is 3. The third-order valence-electron chi connectivity index (χ3n) is 6.16. The van der Waals surface area contributed by atoms with E-state index in [1.807, 2.05) is 9.58 Å². The monoisotopic (exact) mass is 411 g/mol. The third kappa shape index (κ3) is 3.71. The summed E-state index contributed by atoms with van der Waals surface area (Å²) >= 11 is 0. The summed E-state index contributed by atoms with van der Waals surface area (Å²) in [5.41, 5.74) is 0.998. The predicted molar refractivity (Wildman–Crippen MR) is 106 cm³/mol. The fourth-order valence-corrected chi connectivity index (χ4v) is 4.43. The minimum atomic E-state index is -0.101. The molecular formula is C21H25N5O4. The zero-order valence-electron chi connectivity index (χ0n) is 16.7. The molecule has 1 saturated carbocycles. The summed E-state index contributed by atoms with van der Waals surface area (Å²) in [6.07, 6.45) is 7.37. The van der Waals surface area contributed by atoms with Crippen LogP contribution in [0.1, 0.15) is 65.4 Å². The molecule has 9 heteroatoms. The Morgan fingerprint density at radius 3 is 2.60 bits per heavy atom. The highest BCUT2D eigenvalue weighted by Gasteiger charge is 2.27. The first-order chi connectivity index (χ1) is 14.7. The molecule has 30 heavy (non-hydrogen) atoms. The summed E-state index contributed by atoms with van der Waals surface area (Å²) in [6.45, 7) is 1.80. The van der Waals surface area contributed by atoms with Crippen molar-refractivity contribution < 1.29 is 19.1 Å². The summed E-state index contributed by atoms with van der Waals surface area (Å²) in [6, 6.07) is 5.56. The number of carbonyl (C=O) groups excluding carboxylic acids is 2. The first kappa shape index (κ1) is 18.9. The lowest BCUT2D eigenvalue weighted by Gasteiger charge is -2.29. The van der Waals surface area contributed by atoms with Crippen molar-refractivity contribution in [2.45, 2.75) is 50.6 Å². The van der Waals surface area contributed by atoms with Crippen LogP contribution in [-0.4, -0.2) is 57.6 Å². The second kappa shape index (κ2) is 7.97. The Morgan fingerprint density at radius 1 is 1.03 bits per heavy atom. The number of fused-ring (bicyclic) bond motifs is 1. The highest BCUT2D eigenvalue weighted by atomic mass is 16.7. The lowest BCUT2D eigenvalue weighted by atomic mass is 9.91. The molecule has 2 fully saturated rings. The Balaban J connectivity index is 1.15. The lowest BCUT2D eigenvalue weighted by Crippen LogP contribution is -2.38. The molecule has 0 atom stereocenters. The number of likely N-dealkylation sites (tertiary alicyclic amines) is 1. The lowest BCUT2D eigenvalue weighted by molar-refractivity contribution is 0.0786. The van der Waals surface area contributed by atoms with Crippen LogP contribution in [0.25, 0.3) is 0 Å². The first-order valence-corrected chi connectivity index (χ1v) is 10.6. The summed E-state index contributed by atoms with van der Waals surface area (Å²) in [7, 11) is 0. The molecule has 9 nitrogen and oxygen atoms in total. The summed E-state index contributed by atoms with van der Waals surface area (Å²) in [5, 5.41) is 11.4. The summed E-state index contributed by atoms with van der Waals surface area (Å²) < 4.78 is 12.5. The molecule has 1 aromatic carbocycles. The number of ether oxygens (including phenoxy) is 2. The Bertz CT molecular complexity index is 945. The van der Waals surface area contributed by atoms with E-state index in [4.69, 9.17) is 9.47 Å². The second-order valence-electron chi connectivity index (χ2n) is 8.13. The molecular weight excluding hydrogens is 386 g/mol. The molecule has 3 aliphatic rings. The van der Waals surface area contributed by atoms with E-state index in [1.54, 1.807) is 24.4 Å². The molecule has 1 aliphatic carbocycles. The SMILES string of the molecule is O=C(NC1CCC(n2cc(C(=O)N3CCCC3)nn2)CC1)c1ccc2c(c1)OCO2. The number of amides is 2. The number of hydrogen-bond donors (Lipinski definition) is 1. The highest BCUT2D eigenvalue weighted by molar-refractivity contribution is 5.95. The molecule has 2 aromatic rings. The van der Waals surface area contributed by atoms with Gasteiger partial charge in [-0.25, -0.2) is 4.68 Å². The number of rotatable bonds is 4. The quantitative estimate of drug-likeness (QED) is 0.828. The number of nitrogens with zero attached hydrogens (tertiary/aromatic N) is 4. The van der Waals surface area contributed by atoms with Crippen LogP contribution in [0.5, 0.6) is 11.5 Å². The second-order valence-corrected chi connectivity index (χ2v) is 8.13. The maximum atomic E-state index is 12.6. The minimum absolute atomic E-state index is 0.0246. The first-order valence-electron chi connectivity index (χ1n) is 10.6. The predicted octanol–water partition coefficient (Wildman–Crippen LogP) is 2.16. The van der Waals surface area contributed by atoms with E-state index in [-0.39, 0.29) is 30.7 Å². The maximum absolute atomic E-state index is 12.6. The fraction of sp³-hybridized carbons (Fsp3) is 0.524. The Labute approximate surface area is 174 Å². The molecule has 1 N–H and O–H groups in total. The number of hydrogen-bond acceptors (Lipinski definition) is 6. The van der Waals surface area contributed by atoms with E-state index >= 15 is 0 Å².